The van der Waals surface area contributed by atoms with Crippen LogP contribution in [0.15, 0.2) is 48.7 Å². The number of rotatable bonds is 6. The fourth-order valence-corrected chi connectivity index (χ4v) is 4.16. The van der Waals surface area contributed by atoms with Gasteiger partial charge >= 0.3 is 0 Å². The maximum Gasteiger partial charge on any atom is 0.265 e. The summed E-state index contributed by atoms with van der Waals surface area (Å²) in [4.78, 5) is 6.04. The molecule has 1 N–H and O–H groups in total. The largest absolute Gasteiger partial charge is 0.378 e. The predicted molar refractivity (Wildman–Crippen MR) is 88.8 cm³/mol. The normalized spacial score (nSPS) is 15.1. The van der Waals surface area contributed by atoms with Crippen LogP contribution in [0.4, 0.5) is 5.69 Å². The van der Waals surface area contributed by atoms with Gasteiger partial charge in [-0.25, -0.2) is 0 Å². The summed E-state index contributed by atoms with van der Waals surface area (Å²) in [6.45, 7) is 2.00. The summed E-state index contributed by atoms with van der Waals surface area (Å²) >= 11 is 0. The van der Waals surface area contributed by atoms with E-state index in [0.717, 1.165) is 5.69 Å². The van der Waals surface area contributed by atoms with Crippen molar-refractivity contribution in [3.05, 3.63) is 54.4 Å². The number of aromatic nitrogens is 1. The molecule has 118 valence electrons. The van der Waals surface area contributed by atoms with Gasteiger partial charge in [-0.05, 0) is 43.3 Å². The molecule has 22 heavy (non-hydrogen) atoms. The van der Waals surface area contributed by atoms with Crippen LogP contribution in [0.1, 0.15) is 18.5 Å². The lowest BCUT2D eigenvalue weighted by Gasteiger charge is -2.24. The summed E-state index contributed by atoms with van der Waals surface area (Å²) in [6.07, 6.45) is 1.56. The van der Waals surface area contributed by atoms with E-state index in [9.17, 15) is 9.67 Å². The van der Waals surface area contributed by atoms with Crippen molar-refractivity contribution >= 4 is 18.4 Å². The van der Waals surface area contributed by atoms with Gasteiger partial charge in [-0.2, -0.15) is 0 Å². The summed E-state index contributed by atoms with van der Waals surface area (Å²) < 4.78 is 18.8. The van der Waals surface area contributed by atoms with E-state index in [-0.39, 0.29) is 6.61 Å². The van der Waals surface area contributed by atoms with E-state index in [2.05, 4.69) is 4.98 Å². The van der Waals surface area contributed by atoms with Crippen molar-refractivity contribution in [3.63, 3.8) is 0 Å². The second kappa shape index (κ2) is 7.05. The van der Waals surface area contributed by atoms with Gasteiger partial charge in [-0.1, -0.05) is 6.07 Å². The molecule has 2 aromatic rings. The van der Waals surface area contributed by atoms with E-state index in [1.54, 1.807) is 43.5 Å². The molecule has 6 heteroatoms. The molecule has 2 atom stereocenters. The van der Waals surface area contributed by atoms with E-state index >= 15 is 0 Å². The molecule has 0 fully saturated rings. The molecule has 1 heterocycles. The van der Waals surface area contributed by atoms with E-state index in [1.165, 1.54) is 0 Å². The Bertz CT molecular complexity index is 644. The molecule has 0 aliphatic rings. The van der Waals surface area contributed by atoms with E-state index in [4.69, 9.17) is 4.52 Å². The molecule has 2 rings (SSSR count). The SMILES string of the molecule is CCO[P@](=O)(c1ccc(N(C)C)cc1)[C@H](O)c1ccccn1. The van der Waals surface area contributed by atoms with Crippen LogP contribution in [0.2, 0.25) is 0 Å². The highest BCUT2D eigenvalue weighted by molar-refractivity contribution is 7.67. The average Bonchev–Trinajstić information content (AvgIpc) is 2.55. The second-order valence-electron chi connectivity index (χ2n) is 5.05. The standard InChI is InChI=1S/C16H21N2O3P/c1-4-21-22(20,16(19)15-7-5-6-12-17-15)14-10-8-13(9-11-14)18(2)3/h5-12,16,19H,4H2,1-3H3/t16-,22+/m0/s1. The highest BCUT2D eigenvalue weighted by atomic mass is 31.2. The van der Waals surface area contributed by atoms with Crippen molar-refractivity contribution in [3.8, 4) is 0 Å². The first-order valence-electron chi connectivity index (χ1n) is 7.10. The van der Waals surface area contributed by atoms with Gasteiger partial charge in [0.25, 0.3) is 7.37 Å². The van der Waals surface area contributed by atoms with Gasteiger partial charge in [0.05, 0.1) is 12.3 Å². The Morgan fingerprint density at radius 1 is 1.23 bits per heavy atom. The number of benzene rings is 1. The van der Waals surface area contributed by atoms with Crippen LogP contribution in [-0.2, 0) is 9.09 Å². The van der Waals surface area contributed by atoms with Crippen molar-refractivity contribution in [1.82, 2.24) is 4.98 Å². The number of aliphatic hydroxyl groups is 1. The van der Waals surface area contributed by atoms with Gasteiger partial charge in [0, 0.05) is 31.3 Å². The Hall–Kier alpha value is -1.68. The zero-order chi connectivity index (χ0) is 16.2. The molecule has 0 spiro atoms. The van der Waals surface area contributed by atoms with Crippen molar-refractivity contribution in [2.75, 3.05) is 25.6 Å². The molecular formula is C16H21N2O3P. The summed E-state index contributed by atoms with van der Waals surface area (Å²) in [5, 5.41) is 11.0. The molecule has 1 aromatic carbocycles. The summed E-state index contributed by atoms with van der Waals surface area (Å²) in [5.74, 6) is -1.28. The number of aliphatic hydroxyl groups excluding tert-OH is 1. The minimum atomic E-state index is -3.46. The fraction of sp³-hybridized carbons (Fsp3) is 0.312. The molecule has 0 amide bonds. The van der Waals surface area contributed by atoms with Crippen LogP contribution < -0.4 is 10.2 Å². The van der Waals surface area contributed by atoms with Gasteiger partial charge in [-0.3, -0.25) is 9.55 Å². The first kappa shape index (κ1) is 16.7. The van der Waals surface area contributed by atoms with Crippen LogP contribution in [0.25, 0.3) is 0 Å². The van der Waals surface area contributed by atoms with Crippen LogP contribution in [0, 0.1) is 0 Å². The molecule has 1 aromatic heterocycles. The molecule has 5 nitrogen and oxygen atoms in total. The maximum atomic E-state index is 13.3. The van der Waals surface area contributed by atoms with Gasteiger partial charge in [0.2, 0.25) is 0 Å². The fourth-order valence-electron chi connectivity index (χ4n) is 2.14. The highest BCUT2D eigenvalue weighted by Crippen LogP contribution is 2.57. The summed E-state index contributed by atoms with van der Waals surface area (Å²) in [5.41, 5.74) is 1.33. The minimum Gasteiger partial charge on any atom is -0.378 e. The van der Waals surface area contributed by atoms with Crippen LogP contribution in [0.5, 0.6) is 0 Å². The molecule has 0 saturated carbocycles. The quantitative estimate of drug-likeness (QED) is 0.829. The Labute approximate surface area is 131 Å². The molecular weight excluding hydrogens is 299 g/mol. The lowest BCUT2D eigenvalue weighted by Crippen LogP contribution is -2.16. The van der Waals surface area contributed by atoms with Gasteiger partial charge < -0.3 is 14.5 Å². The topological polar surface area (TPSA) is 62.7 Å². The lowest BCUT2D eigenvalue weighted by molar-refractivity contribution is 0.214. The third-order valence-corrected chi connectivity index (χ3v) is 5.89. The number of nitrogens with zero attached hydrogens (tertiary/aromatic N) is 2. The molecule has 0 radical (unpaired) electrons. The first-order valence-corrected chi connectivity index (χ1v) is 8.79. The van der Waals surface area contributed by atoms with Gasteiger partial charge in [-0.15, -0.1) is 0 Å². The van der Waals surface area contributed by atoms with Crippen LogP contribution in [0.3, 0.4) is 0 Å². The molecule has 0 aliphatic carbocycles. The summed E-state index contributed by atoms with van der Waals surface area (Å²) in [6, 6.07) is 12.3. The Morgan fingerprint density at radius 3 is 2.41 bits per heavy atom. The molecule has 0 bridgehead atoms. The smallest absolute Gasteiger partial charge is 0.265 e. The zero-order valence-electron chi connectivity index (χ0n) is 13.0. The monoisotopic (exact) mass is 320 g/mol. The number of hydrogen-bond acceptors (Lipinski definition) is 5. The minimum absolute atomic E-state index is 0.247. The molecule has 0 aliphatic heterocycles. The second-order valence-corrected chi connectivity index (χ2v) is 7.51. The zero-order valence-corrected chi connectivity index (χ0v) is 13.9. The van der Waals surface area contributed by atoms with E-state index in [0.29, 0.717) is 11.0 Å². The summed E-state index contributed by atoms with van der Waals surface area (Å²) in [7, 11) is 0.401. The van der Waals surface area contributed by atoms with Gasteiger partial charge in [0.1, 0.15) is 0 Å². The lowest BCUT2D eigenvalue weighted by atomic mass is 10.3. The van der Waals surface area contributed by atoms with Crippen LogP contribution >= 0.6 is 7.37 Å². The number of hydrogen-bond donors (Lipinski definition) is 1. The Morgan fingerprint density at radius 2 is 1.91 bits per heavy atom. The van der Waals surface area contributed by atoms with Crippen molar-refractivity contribution in [1.29, 1.82) is 0 Å². The number of anilines is 1. The van der Waals surface area contributed by atoms with Crippen molar-refractivity contribution < 1.29 is 14.2 Å². The first-order chi connectivity index (χ1) is 10.5. The van der Waals surface area contributed by atoms with Gasteiger partial charge in [0.15, 0.2) is 5.85 Å². The van der Waals surface area contributed by atoms with E-state index in [1.807, 2.05) is 31.1 Å². The average molecular weight is 320 g/mol. The van der Waals surface area contributed by atoms with Crippen molar-refractivity contribution in [2.24, 2.45) is 0 Å². The molecule has 0 unspecified atom stereocenters. The Balaban J connectivity index is 2.41. The molecule has 0 saturated heterocycles. The Kier molecular flexibility index (Phi) is 5.35. The third-order valence-electron chi connectivity index (χ3n) is 3.32. The predicted octanol–water partition coefficient (Wildman–Crippen LogP) is 2.78. The maximum absolute atomic E-state index is 13.3. The number of pyridine rings is 1. The van der Waals surface area contributed by atoms with E-state index < -0.39 is 13.2 Å². The van der Waals surface area contributed by atoms with Crippen molar-refractivity contribution in [2.45, 2.75) is 12.8 Å². The highest BCUT2D eigenvalue weighted by Gasteiger charge is 2.36. The van der Waals surface area contributed by atoms with Crippen LogP contribution in [-0.4, -0.2) is 30.8 Å². The third kappa shape index (κ3) is 3.38.